The van der Waals surface area contributed by atoms with E-state index in [1.54, 1.807) is 36.4 Å². The minimum absolute atomic E-state index is 0.0437. The summed E-state index contributed by atoms with van der Waals surface area (Å²) >= 11 is 18.3. The highest BCUT2D eigenvalue weighted by molar-refractivity contribution is 6.36. The average molecular weight is 446 g/mol. The Labute approximate surface area is 183 Å². The van der Waals surface area contributed by atoms with Crippen molar-refractivity contribution in [1.82, 2.24) is 4.57 Å². The number of carboxylic acids is 1. The van der Waals surface area contributed by atoms with Crippen molar-refractivity contribution in [3.05, 3.63) is 85.6 Å². The molecule has 0 spiro atoms. The van der Waals surface area contributed by atoms with Gasteiger partial charge in [-0.05, 0) is 61.9 Å². The molecule has 2 aromatic carbocycles. The van der Waals surface area contributed by atoms with Gasteiger partial charge in [-0.1, -0.05) is 40.9 Å². The highest BCUT2D eigenvalue weighted by atomic mass is 35.5. The Kier molecular flexibility index (Phi) is 6.04. The molecule has 3 aromatic rings. The highest BCUT2D eigenvalue weighted by Crippen LogP contribution is 2.31. The van der Waals surface area contributed by atoms with Gasteiger partial charge in [0.2, 0.25) is 0 Å². The molecule has 3 rings (SSSR count). The topological polar surface area (TPSA) is 66.0 Å². The minimum atomic E-state index is -1.08. The largest absolute Gasteiger partial charge is 0.478 e. The smallest absolute Gasteiger partial charge is 0.337 e. The average Bonchev–Trinajstić information content (AvgIpc) is 2.93. The summed E-state index contributed by atoms with van der Waals surface area (Å²) in [5.74, 6) is -1.08. The first-order valence-electron chi connectivity index (χ1n) is 8.52. The number of aromatic nitrogens is 1. The third-order valence-electron chi connectivity index (χ3n) is 4.55. The quantitative estimate of drug-likeness (QED) is 0.448. The summed E-state index contributed by atoms with van der Waals surface area (Å²) in [4.78, 5) is 11.2. The zero-order valence-corrected chi connectivity index (χ0v) is 17.8. The van der Waals surface area contributed by atoms with Crippen molar-refractivity contribution >= 4 is 52.4 Å². The Morgan fingerprint density at radius 2 is 1.69 bits per heavy atom. The minimum Gasteiger partial charge on any atom is -0.478 e. The summed E-state index contributed by atoms with van der Waals surface area (Å²) in [5.41, 5.74) is 4.40. The second kappa shape index (κ2) is 8.34. The molecular formula is C22H15Cl3N2O2. The van der Waals surface area contributed by atoms with Crippen molar-refractivity contribution in [3.8, 4) is 11.8 Å². The molecule has 0 aliphatic heterocycles. The Hall–Kier alpha value is -2.71. The standard InChI is InChI=1S/C22H15Cl3N2O2/c1-12-7-14(8-15(11-26)18-5-3-16(23)9-20(18)24)13(2)27(12)17-4-6-19(22(28)29)21(25)10-17/h3-10H,1-2H3,(H,28,29)/b15-8-. The van der Waals surface area contributed by atoms with Gasteiger partial charge in [0, 0.05) is 27.7 Å². The number of rotatable bonds is 4. The molecule has 1 N–H and O–H groups in total. The number of hydrogen-bond donors (Lipinski definition) is 1. The number of allylic oxidation sites excluding steroid dienone is 1. The SMILES string of the molecule is Cc1cc(/C=C(/C#N)c2ccc(Cl)cc2Cl)c(C)n1-c1ccc(C(=O)O)c(Cl)c1. The fraction of sp³-hybridized carbons (Fsp3) is 0.0909. The van der Waals surface area contributed by atoms with Crippen molar-refractivity contribution < 1.29 is 9.90 Å². The lowest BCUT2D eigenvalue weighted by Crippen LogP contribution is -2.02. The molecule has 0 saturated carbocycles. The Morgan fingerprint density at radius 3 is 2.28 bits per heavy atom. The van der Waals surface area contributed by atoms with Crippen LogP contribution in [0.5, 0.6) is 0 Å². The van der Waals surface area contributed by atoms with Crippen molar-refractivity contribution in [1.29, 1.82) is 5.26 Å². The summed E-state index contributed by atoms with van der Waals surface area (Å²) < 4.78 is 1.95. The van der Waals surface area contributed by atoms with E-state index in [1.165, 1.54) is 6.07 Å². The molecule has 0 atom stereocenters. The van der Waals surface area contributed by atoms with Gasteiger partial charge in [0.25, 0.3) is 0 Å². The van der Waals surface area contributed by atoms with Gasteiger partial charge in [-0.25, -0.2) is 4.79 Å². The van der Waals surface area contributed by atoms with Crippen molar-refractivity contribution in [3.63, 3.8) is 0 Å². The molecular weight excluding hydrogens is 431 g/mol. The van der Waals surface area contributed by atoms with E-state index in [0.29, 0.717) is 21.2 Å². The van der Waals surface area contributed by atoms with Gasteiger partial charge >= 0.3 is 5.97 Å². The van der Waals surface area contributed by atoms with Gasteiger partial charge in [0.1, 0.15) is 0 Å². The Bertz CT molecular complexity index is 1200. The number of hydrogen-bond acceptors (Lipinski definition) is 2. The lowest BCUT2D eigenvalue weighted by atomic mass is 10.0. The van der Waals surface area contributed by atoms with E-state index in [2.05, 4.69) is 6.07 Å². The van der Waals surface area contributed by atoms with Crippen molar-refractivity contribution in [2.45, 2.75) is 13.8 Å². The van der Waals surface area contributed by atoms with E-state index in [1.807, 2.05) is 24.5 Å². The third-order valence-corrected chi connectivity index (χ3v) is 5.41. The lowest BCUT2D eigenvalue weighted by molar-refractivity contribution is 0.0697. The van der Waals surface area contributed by atoms with Crippen LogP contribution < -0.4 is 0 Å². The molecule has 0 unspecified atom stereocenters. The summed E-state index contributed by atoms with van der Waals surface area (Å²) in [6, 6.07) is 13.9. The Balaban J connectivity index is 2.10. The van der Waals surface area contributed by atoms with Gasteiger partial charge in [-0.3, -0.25) is 0 Å². The first kappa shape index (κ1) is 21.0. The first-order chi connectivity index (χ1) is 13.7. The lowest BCUT2D eigenvalue weighted by Gasteiger charge is -2.11. The van der Waals surface area contributed by atoms with Gasteiger partial charge in [0.05, 0.1) is 27.3 Å². The number of halogens is 3. The molecule has 1 heterocycles. The van der Waals surface area contributed by atoms with Crippen LogP contribution in [0, 0.1) is 25.2 Å². The predicted molar refractivity (Wildman–Crippen MR) is 117 cm³/mol. The molecule has 0 aliphatic rings. The molecule has 1 aromatic heterocycles. The van der Waals surface area contributed by atoms with Crippen LogP contribution in [-0.4, -0.2) is 15.6 Å². The Morgan fingerprint density at radius 1 is 1.03 bits per heavy atom. The molecule has 0 aliphatic carbocycles. The van der Waals surface area contributed by atoms with Crippen LogP contribution in [0.25, 0.3) is 17.3 Å². The van der Waals surface area contributed by atoms with Crippen molar-refractivity contribution in [2.24, 2.45) is 0 Å². The molecule has 7 heteroatoms. The monoisotopic (exact) mass is 444 g/mol. The van der Waals surface area contributed by atoms with Gasteiger partial charge < -0.3 is 9.67 Å². The van der Waals surface area contributed by atoms with E-state index in [4.69, 9.17) is 39.9 Å². The van der Waals surface area contributed by atoms with Crippen molar-refractivity contribution in [2.75, 3.05) is 0 Å². The number of nitrogens with zero attached hydrogens (tertiary/aromatic N) is 2. The number of aryl methyl sites for hydroxylation is 1. The first-order valence-corrected chi connectivity index (χ1v) is 9.65. The highest BCUT2D eigenvalue weighted by Gasteiger charge is 2.15. The molecule has 146 valence electrons. The number of carbonyl (C=O) groups is 1. The molecule has 0 bridgehead atoms. The van der Waals surface area contributed by atoms with E-state index >= 15 is 0 Å². The number of carboxylic acid groups (broad SMARTS) is 1. The molecule has 0 radical (unpaired) electrons. The van der Waals surface area contributed by atoms with Gasteiger partial charge in [0.15, 0.2) is 0 Å². The zero-order valence-electron chi connectivity index (χ0n) is 15.5. The molecule has 0 fully saturated rings. The second-order valence-electron chi connectivity index (χ2n) is 6.43. The summed E-state index contributed by atoms with van der Waals surface area (Å²) in [6.45, 7) is 3.83. The van der Waals surface area contributed by atoms with Gasteiger partial charge in [-0.2, -0.15) is 5.26 Å². The normalized spacial score (nSPS) is 11.4. The number of nitriles is 1. The van der Waals surface area contributed by atoms with E-state index < -0.39 is 5.97 Å². The molecule has 29 heavy (non-hydrogen) atoms. The molecule has 0 amide bonds. The predicted octanol–water partition coefficient (Wildman–Crippen LogP) is 6.82. The van der Waals surface area contributed by atoms with E-state index in [9.17, 15) is 10.1 Å². The number of aromatic carboxylic acids is 1. The van der Waals surface area contributed by atoms with Crippen LogP contribution >= 0.6 is 34.8 Å². The summed E-state index contributed by atoms with van der Waals surface area (Å²) in [7, 11) is 0. The van der Waals surface area contributed by atoms with Crippen LogP contribution in [0.2, 0.25) is 15.1 Å². The maximum absolute atomic E-state index is 11.2. The second-order valence-corrected chi connectivity index (χ2v) is 7.68. The van der Waals surface area contributed by atoms with Crippen LogP contribution in [0.4, 0.5) is 0 Å². The third kappa shape index (κ3) is 4.18. The van der Waals surface area contributed by atoms with Crippen LogP contribution in [0.3, 0.4) is 0 Å². The maximum Gasteiger partial charge on any atom is 0.337 e. The number of benzene rings is 2. The molecule has 0 saturated heterocycles. The van der Waals surface area contributed by atoms with Crippen LogP contribution in [-0.2, 0) is 0 Å². The zero-order chi connectivity index (χ0) is 21.3. The van der Waals surface area contributed by atoms with Gasteiger partial charge in [-0.15, -0.1) is 0 Å². The summed E-state index contributed by atoms with van der Waals surface area (Å²) in [6.07, 6.45) is 1.77. The fourth-order valence-electron chi connectivity index (χ4n) is 3.18. The fourth-order valence-corrected chi connectivity index (χ4v) is 3.95. The molecule has 4 nitrogen and oxygen atoms in total. The maximum atomic E-state index is 11.2. The summed E-state index contributed by atoms with van der Waals surface area (Å²) in [5, 5.41) is 19.9. The van der Waals surface area contributed by atoms with Crippen LogP contribution in [0.1, 0.15) is 32.9 Å². The van der Waals surface area contributed by atoms with E-state index in [-0.39, 0.29) is 10.6 Å². The van der Waals surface area contributed by atoms with Crippen LogP contribution in [0.15, 0.2) is 42.5 Å². The van der Waals surface area contributed by atoms with E-state index in [0.717, 1.165) is 22.6 Å².